The fraction of sp³-hybridized carbons (Fsp3) is 0.192. The van der Waals surface area contributed by atoms with Gasteiger partial charge < -0.3 is 20.1 Å². The normalized spacial score (nSPS) is 15.6. The molecule has 3 aromatic rings. The molecule has 0 aromatic heterocycles. The molecule has 0 spiro atoms. The number of benzene rings is 3. The molecule has 1 heterocycles. The number of hydrogen-bond donors (Lipinski definition) is 2. The van der Waals surface area contributed by atoms with Crippen LogP contribution in [0.15, 0.2) is 72.8 Å². The zero-order valence-corrected chi connectivity index (χ0v) is 18.8. The molecule has 0 bridgehead atoms. The third-order valence-corrected chi connectivity index (χ3v) is 5.60. The molecule has 0 saturated carbocycles. The van der Waals surface area contributed by atoms with Gasteiger partial charge in [0.05, 0.1) is 5.92 Å². The summed E-state index contributed by atoms with van der Waals surface area (Å²) >= 11 is 0. The molecular weight excluding hydrogens is 477 g/mol. The minimum atomic E-state index is -4.64. The lowest BCUT2D eigenvalue weighted by molar-refractivity contribution is -0.188. The van der Waals surface area contributed by atoms with E-state index in [4.69, 9.17) is 0 Å². The number of aromatic hydroxyl groups is 1. The third-order valence-electron chi connectivity index (χ3n) is 5.60. The van der Waals surface area contributed by atoms with Crippen molar-refractivity contribution in [2.75, 3.05) is 23.4 Å². The molecule has 2 amide bonds. The van der Waals surface area contributed by atoms with Gasteiger partial charge in [-0.1, -0.05) is 30.3 Å². The topological polar surface area (TPSA) is 95.9 Å². The van der Waals surface area contributed by atoms with Crippen LogP contribution >= 0.6 is 0 Å². The Morgan fingerprint density at radius 1 is 1.00 bits per heavy atom. The van der Waals surface area contributed by atoms with E-state index in [-0.39, 0.29) is 24.6 Å². The molecule has 0 aliphatic carbocycles. The highest BCUT2D eigenvalue weighted by molar-refractivity contribution is 6.05. The minimum absolute atomic E-state index is 0.119. The average molecular weight is 498 g/mol. The second kappa shape index (κ2) is 10.1. The fourth-order valence-corrected chi connectivity index (χ4v) is 3.81. The smallest absolute Gasteiger partial charge is 0.422 e. The quantitative estimate of drug-likeness (QED) is 0.478. The van der Waals surface area contributed by atoms with E-state index in [1.165, 1.54) is 4.90 Å². The summed E-state index contributed by atoms with van der Waals surface area (Å²) in [7, 11) is 0. The van der Waals surface area contributed by atoms with Crippen molar-refractivity contribution in [1.29, 1.82) is 0 Å². The Kier molecular flexibility index (Phi) is 6.96. The van der Waals surface area contributed by atoms with E-state index in [1.54, 1.807) is 72.8 Å². The summed E-state index contributed by atoms with van der Waals surface area (Å²) in [5.41, 5.74) is 2.93. The van der Waals surface area contributed by atoms with Crippen LogP contribution in [0.2, 0.25) is 0 Å². The second-order valence-electron chi connectivity index (χ2n) is 8.26. The van der Waals surface area contributed by atoms with E-state index in [0.29, 0.717) is 16.9 Å². The average Bonchev–Trinajstić information content (AvgIpc) is 3.24. The molecule has 1 saturated heterocycles. The Hall–Kier alpha value is -4.34. The Bertz CT molecular complexity index is 1270. The van der Waals surface area contributed by atoms with Crippen molar-refractivity contribution in [2.45, 2.75) is 12.6 Å². The van der Waals surface area contributed by atoms with Gasteiger partial charge in [0.25, 0.3) is 5.91 Å². The van der Waals surface area contributed by atoms with Crippen LogP contribution in [-0.4, -0.2) is 42.2 Å². The van der Waals surface area contributed by atoms with Gasteiger partial charge in [-0.05, 0) is 53.6 Å². The first-order valence-electron chi connectivity index (χ1n) is 10.9. The van der Waals surface area contributed by atoms with Crippen molar-refractivity contribution in [3.63, 3.8) is 0 Å². The summed E-state index contributed by atoms with van der Waals surface area (Å²) in [4.78, 5) is 38.4. The molecule has 0 radical (unpaired) electrons. The summed E-state index contributed by atoms with van der Waals surface area (Å²) in [6, 6.07) is 19.9. The molecule has 3 aromatic carbocycles. The van der Waals surface area contributed by atoms with Gasteiger partial charge in [0.2, 0.25) is 5.91 Å². The number of ether oxygens (including phenoxy) is 1. The second-order valence-corrected chi connectivity index (χ2v) is 8.26. The van der Waals surface area contributed by atoms with Crippen LogP contribution in [-0.2, 0) is 14.3 Å². The Morgan fingerprint density at radius 2 is 1.64 bits per heavy atom. The maximum atomic E-state index is 12.7. The van der Waals surface area contributed by atoms with Gasteiger partial charge in [-0.25, -0.2) is 0 Å². The van der Waals surface area contributed by atoms with Gasteiger partial charge in [0.15, 0.2) is 6.61 Å². The molecule has 1 aliphatic heterocycles. The number of nitrogens with zero attached hydrogens (tertiary/aromatic N) is 1. The molecule has 1 unspecified atom stereocenters. The van der Waals surface area contributed by atoms with Crippen LogP contribution in [0, 0.1) is 5.92 Å². The first-order valence-corrected chi connectivity index (χ1v) is 10.9. The molecule has 2 N–H and O–H groups in total. The number of halogens is 3. The number of nitrogens with one attached hydrogen (secondary N) is 1. The number of carbonyl (C=O) groups is 3. The van der Waals surface area contributed by atoms with E-state index in [2.05, 4.69) is 10.1 Å². The maximum Gasteiger partial charge on any atom is 0.422 e. The van der Waals surface area contributed by atoms with Crippen LogP contribution < -0.4 is 10.2 Å². The number of carbonyl (C=O) groups excluding carboxylic acids is 3. The first-order chi connectivity index (χ1) is 17.1. The monoisotopic (exact) mass is 498 g/mol. The number of esters is 1. The Labute approximate surface area is 204 Å². The molecule has 7 nitrogen and oxygen atoms in total. The number of anilines is 2. The van der Waals surface area contributed by atoms with E-state index < -0.39 is 30.6 Å². The molecule has 36 heavy (non-hydrogen) atoms. The van der Waals surface area contributed by atoms with E-state index in [9.17, 15) is 32.7 Å². The summed E-state index contributed by atoms with van der Waals surface area (Å²) in [6.07, 6.45) is -4.91. The highest BCUT2D eigenvalue weighted by atomic mass is 19.4. The lowest BCUT2D eigenvalue weighted by atomic mass is 10.0. The van der Waals surface area contributed by atoms with E-state index in [1.807, 2.05) is 0 Å². The van der Waals surface area contributed by atoms with Gasteiger partial charge >= 0.3 is 12.1 Å². The van der Waals surface area contributed by atoms with Crippen molar-refractivity contribution in [3.8, 4) is 16.9 Å². The van der Waals surface area contributed by atoms with Crippen LogP contribution in [0.3, 0.4) is 0 Å². The van der Waals surface area contributed by atoms with Gasteiger partial charge in [0, 0.05) is 29.9 Å². The first kappa shape index (κ1) is 24.8. The standard InChI is InChI=1S/C26H21F3N2O5/c27-26(28,29)15-36-25(35)19-12-23(33)31(14-19)21-3-1-2-20(13-21)30-24(34)18-6-4-16(5-7-18)17-8-10-22(32)11-9-17/h1-11,13,19,32H,12,14-15H2,(H,30,34). The number of phenolic OH excluding ortho intramolecular Hbond substituents is 1. The van der Waals surface area contributed by atoms with Crippen LogP contribution in [0.4, 0.5) is 24.5 Å². The predicted octanol–water partition coefficient (Wildman–Crippen LogP) is 4.77. The van der Waals surface area contributed by atoms with Gasteiger partial charge in [0.1, 0.15) is 5.75 Å². The highest BCUT2D eigenvalue weighted by Gasteiger charge is 2.38. The van der Waals surface area contributed by atoms with Crippen molar-refractivity contribution < 1.29 is 37.4 Å². The SMILES string of the molecule is O=C(Nc1cccc(N2CC(C(=O)OCC(F)(F)F)CC2=O)c1)c1ccc(-c2ccc(O)cc2)cc1. The Morgan fingerprint density at radius 3 is 2.28 bits per heavy atom. The molecule has 4 rings (SSSR count). The van der Waals surface area contributed by atoms with Crippen LogP contribution in [0.1, 0.15) is 16.8 Å². The Balaban J connectivity index is 1.40. The lowest BCUT2D eigenvalue weighted by Gasteiger charge is -2.18. The summed E-state index contributed by atoms with van der Waals surface area (Å²) in [6.45, 7) is -1.82. The van der Waals surface area contributed by atoms with Gasteiger partial charge in [-0.2, -0.15) is 13.2 Å². The highest BCUT2D eigenvalue weighted by Crippen LogP contribution is 2.29. The molecule has 1 fully saturated rings. The van der Waals surface area contributed by atoms with Crippen molar-refractivity contribution in [2.24, 2.45) is 5.92 Å². The zero-order chi connectivity index (χ0) is 25.9. The summed E-state index contributed by atoms with van der Waals surface area (Å²) in [5, 5.41) is 12.2. The minimum Gasteiger partial charge on any atom is -0.508 e. The van der Waals surface area contributed by atoms with Gasteiger partial charge in [-0.15, -0.1) is 0 Å². The van der Waals surface area contributed by atoms with Crippen molar-refractivity contribution in [1.82, 2.24) is 0 Å². The summed E-state index contributed by atoms with van der Waals surface area (Å²) < 4.78 is 41.2. The van der Waals surface area contributed by atoms with Gasteiger partial charge in [-0.3, -0.25) is 14.4 Å². The lowest BCUT2D eigenvalue weighted by Crippen LogP contribution is -2.28. The predicted molar refractivity (Wildman–Crippen MR) is 125 cm³/mol. The number of alkyl halides is 3. The largest absolute Gasteiger partial charge is 0.508 e. The van der Waals surface area contributed by atoms with Crippen molar-refractivity contribution >= 4 is 29.2 Å². The zero-order valence-electron chi connectivity index (χ0n) is 18.8. The fourth-order valence-electron chi connectivity index (χ4n) is 3.81. The number of phenols is 1. The number of rotatable bonds is 6. The van der Waals surface area contributed by atoms with Crippen LogP contribution in [0.25, 0.3) is 11.1 Å². The molecule has 186 valence electrons. The maximum absolute atomic E-state index is 12.7. The number of hydrogen-bond acceptors (Lipinski definition) is 5. The number of amides is 2. The third kappa shape index (κ3) is 6.01. The van der Waals surface area contributed by atoms with E-state index in [0.717, 1.165) is 11.1 Å². The molecule has 1 aliphatic rings. The molecule has 10 heteroatoms. The van der Waals surface area contributed by atoms with Crippen LogP contribution in [0.5, 0.6) is 5.75 Å². The van der Waals surface area contributed by atoms with Crippen molar-refractivity contribution in [3.05, 3.63) is 78.4 Å². The molecule has 1 atom stereocenters. The molecular formula is C26H21F3N2O5. The summed E-state index contributed by atoms with van der Waals surface area (Å²) in [5.74, 6) is -2.75. The van der Waals surface area contributed by atoms with E-state index >= 15 is 0 Å².